The highest BCUT2D eigenvalue weighted by atomic mass is 16.5. The maximum absolute atomic E-state index is 11.8. The van der Waals surface area contributed by atoms with Gasteiger partial charge in [0.1, 0.15) is 5.75 Å². The fraction of sp³-hybridized carbons (Fsp3) is 0.267. The summed E-state index contributed by atoms with van der Waals surface area (Å²) < 4.78 is 7.17. The van der Waals surface area contributed by atoms with Crippen LogP contribution in [-0.4, -0.2) is 11.2 Å². The lowest BCUT2D eigenvalue weighted by atomic mass is 10.1. The van der Waals surface area contributed by atoms with Crippen molar-refractivity contribution in [1.82, 2.24) is 4.57 Å². The molecule has 0 atom stereocenters. The van der Waals surface area contributed by atoms with Crippen molar-refractivity contribution in [2.75, 3.05) is 6.61 Å². The third-order valence-electron chi connectivity index (χ3n) is 2.83. The number of benzene rings is 1. The van der Waals surface area contributed by atoms with E-state index in [4.69, 9.17) is 4.74 Å². The Hall–Kier alpha value is -2.03. The highest BCUT2D eigenvalue weighted by molar-refractivity contribution is 5.60. The van der Waals surface area contributed by atoms with Crippen molar-refractivity contribution in [3.05, 3.63) is 52.8 Å². The van der Waals surface area contributed by atoms with Gasteiger partial charge < -0.3 is 9.30 Å². The summed E-state index contributed by atoms with van der Waals surface area (Å²) in [6.07, 6.45) is 0. The Bertz CT molecular complexity index is 570. The molecule has 0 radical (unpaired) electrons. The molecule has 94 valence electrons. The van der Waals surface area contributed by atoms with Gasteiger partial charge in [0, 0.05) is 12.6 Å². The molecule has 2 aromatic rings. The molecule has 0 saturated heterocycles. The van der Waals surface area contributed by atoms with Crippen molar-refractivity contribution >= 4 is 0 Å². The van der Waals surface area contributed by atoms with Gasteiger partial charge in [0.2, 0.25) is 0 Å². The maximum Gasteiger partial charge on any atom is 0.250 e. The fourth-order valence-corrected chi connectivity index (χ4v) is 1.99. The van der Waals surface area contributed by atoms with Gasteiger partial charge in [0.05, 0.1) is 12.3 Å². The first-order chi connectivity index (χ1) is 8.76. The standard InChI is InChI=1S/C15H17NO2/c1-3-16-14(6-5-7-15(16)17)12-8-10-13(11-9-12)18-4-2/h5-11H,3-4H2,1-2H3. The third-order valence-corrected chi connectivity index (χ3v) is 2.83. The Morgan fingerprint density at radius 1 is 1.06 bits per heavy atom. The summed E-state index contributed by atoms with van der Waals surface area (Å²) in [5, 5.41) is 0. The van der Waals surface area contributed by atoms with Crippen LogP contribution in [0.1, 0.15) is 13.8 Å². The molecule has 3 nitrogen and oxygen atoms in total. The van der Waals surface area contributed by atoms with Gasteiger partial charge in [-0.05, 0) is 49.7 Å². The predicted octanol–water partition coefficient (Wildman–Crippen LogP) is 2.93. The van der Waals surface area contributed by atoms with Crippen LogP contribution in [0, 0.1) is 0 Å². The second-order valence-corrected chi connectivity index (χ2v) is 3.95. The van der Waals surface area contributed by atoms with Crippen LogP contribution in [0.25, 0.3) is 11.3 Å². The van der Waals surface area contributed by atoms with Gasteiger partial charge in [0.15, 0.2) is 0 Å². The minimum absolute atomic E-state index is 0.0314. The Morgan fingerprint density at radius 2 is 1.78 bits per heavy atom. The molecule has 0 aliphatic heterocycles. The van der Waals surface area contributed by atoms with Crippen LogP contribution in [0.4, 0.5) is 0 Å². The quantitative estimate of drug-likeness (QED) is 0.826. The Labute approximate surface area is 107 Å². The molecule has 18 heavy (non-hydrogen) atoms. The summed E-state index contributed by atoms with van der Waals surface area (Å²) in [5.74, 6) is 0.850. The van der Waals surface area contributed by atoms with Crippen molar-refractivity contribution in [3.63, 3.8) is 0 Å². The number of rotatable bonds is 4. The van der Waals surface area contributed by atoms with Gasteiger partial charge in [0.25, 0.3) is 5.56 Å². The van der Waals surface area contributed by atoms with Crippen molar-refractivity contribution in [2.24, 2.45) is 0 Å². The predicted molar refractivity (Wildman–Crippen MR) is 73.0 cm³/mol. The van der Waals surface area contributed by atoms with Crippen LogP contribution in [0.3, 0.4) is 0 Å². The van der Waals surface area contributed by atoms with E-state index < -0.39 is 0 Å². The van der Waals surface area contributed by atoms with Crippen LogP contribution in [0.15, 0.2) is 47.3 Å². The van der Waals surface area contributed by atoms with Crippen molar-refractivity contribution < 1.29 is 4.74 Å². The molecule has 0 aliphatic carbocycles. The number of hydrogen-bond acceptors (Lipinski definition) is 2. The molecule has 3 heteroatoms. The zero-order valence-electron chi connectivity index (χ0n) is 10.7. The Kier molecular flexibility index (Phi) is 3.82. The average molecular weight is 243 g/mol. The normalized spacial score (nSPS) is 10.3. The first-order valence-electron chi connectivity index (χ1n) is 6.19. The summed E-state index contributed by atoms with van der Waals surface area (Å²) in [5.41, 5.74) is 2.00. The van der Waals surface area contributed by atoms with E-state index in [1.165, 1.54) is 0 Å². The SMILES string of the molecule is CCOc1ccc(-c2cccc(=O)n2CC)cc1. The van der Waals surface area contributed by atoms with E-state index in [1.54, 1.807) is 16.7 Å². The van der Waals surface area contributed by atoms with E-state index >= 15 is 0 Å². The molecule has 2 rings (SSSR count). The Morgan fingerprint density at radius 3 is 2.39 bits per heavy atom. The van der Waals surface area contributed by atoms with E-state index in [9.17, 15) is 4.79 Å². The minimum Gasteiger partial charge on any atom is -0.494 e. The highest BCUT2D eigenvalue weighted by Gasteiger charge is 2.04. The molecule has 0 spiro atoms. The van der Waals surface area contributed by atoms with Crippen LogP contribution in [-0.2, 0) is 6.54 Å². The van der Waals surface area contributed by atoms with E-state index in [0.29, 0.717) is 13.2 Å². The van der Waals surface area contributed by atoms with Gasteiger partial charge in [-0.2, -0.15) is 0 Å². The Balaban J connectivity index is 2.42. The zero-order valence-corrected chi connectivity index (χ0v) is 10.7. The third kappa shape index (κ3) is 2.45. The molecule has 0 fully saturated rings. The van der Waals surface area contributed by atoms with Gasteiger partial charge in [-0.15, -0.1) is 0 Å². The van der Waals surface area contributed by atoms with Gasteiger partial charge in [-0.25, -0.2) is 0 Å². The lowest BCUT2D eigenvalue weighted by Crippen LogP contribution is -2.19. The topological polar surface area (TPSA) is 31.2 Å². The summed E-state index contributed by atoms with van der Waals surface area (Å²) in [6.45, 7) is 5.26. The zero-order chi connectivity index (χ0) is 13.0. The largest absolute Gasteiger partial charge is 0.494 e. The molecule has 0 saturated carbocycles. The lowest BCUT2D eigenvalue weighted by Gasteiger charge is -2.11. The molecular formula is C15H17NO2. The maximum atomic E-state index is 11.8. The number of aromatic nitrogens is 1. The summed E-state index contributed by atoms with van der Waals surface area (Å²) >= 11 is 0. The minimum atomic E-state index is 0.0314. The van der Waals surface area contributed by atoms with Crippen molar-refractivity contribution in [2.45, 2.75) is 20.4 Å². The van der Waals surface area contributed by atoms with E-state index in [1.807, 2.05) is 44.2 Å². The number of hydrogen-bond donors (Lipinski definition) is 0. The molecule has 0 N–H and O–H groups in total. The molecule has 0 amide bonds. The summed E-state index contributed by atoms with van der Waals surface area (Å²) in [6, 6.07) is 13.1. The molecule has 1 heterocycles. The molecular weight excluding hydrogens is 226 g/mol. The highest BCUT2D eigenvalue weighted by Crippen LogP contribution is 2.21. The monoisotopic (exact) mass is 243 g/mol. The van der Waals surface area contributed by atoms with Crippen LogP contribution >= 0.6 is 0 Å². The average Bonchev–Trinajstić information content (AvgIpc) is 2.40. The van der Waals surface area contributed by atoms with Gasteiger partial charge in [-0.3, -0.25) is 4.79 Å². The lowest BCUT2D eigenvalue weighted by molar-refractivity contribution is 0.340. The van der Waals surface area contributed by atoms with Crippen LogP contribution in [0.5, 0.6) is 5.75 Å². The molecule has 1 aromatic heterocycles. The second-order valence-electron chi connectivity index (χ2n) is 3.95. The molecule has 0 bridgehead atoms. The summed E-state index contributed by atoms with van der Waals surface area (Å²) in [7, 11) is 0. The molecule has 0 aliphatic rings. The van der Waals surface area contributed by atoms with Crippen LogP contribution < -0.4 is 10.3 Å². The first-order valence-corrected chi connectivity index (χ1v) is 6.19. The van der Waals surface area contributed by atoms with E-state index in [2.05, 4.69) is 0 Å². The van der Waals surface area contributed by atoms with Crippen molar-refractivity contribution in [1.29, 1.82) is 0 Å². The van der Waals surface area contributed by atoms with Crippen LogP contribution in [0.2, 0.25) is 0 Å². The fourth-order valence-electron chi connectivity index (χ4n) is 1.99. The molecule has 0 unspecified atom stereocenters. The molecule has 1 aromatic carbocycles. The van der Waals surface area contributed by atoms with E-state index in [0.717, 1.165) is 17.0 Å². The smallest absolute Gasteiger partial charge is 0.250 e. The number of nitrogens with zero attached hydrogens (tertiary/aromatic N) is 1. The summed E-state index contributed by atoms with van der Waals surface area (Å²) in [4.78, 5) is 11.8. The van der Waals surface area contributed by atoms with E-state index in [-0.39, 0.29) is 5.56 Å². The van der Waals surface area contributed by atoms with Gasteiger partial charge >= 0.3 is 0 Å². The van der Waals surface area contributed by atoms with Gasteiger partial charge in [-0.1, -0.05) is 6.07 Å². The second kappa shape index (κ2) is 5.54. The number of pyridine rings is 1. The number of ether oxygens (including phenoxy) is 1. The van der Waals surface area contributed by atoms with Crippen molar-refractivity contribution in [3.8, 4) is 17.0 Å². The first kappa shape index (κ1) is 12.4.